The number of hydrogen-bond acceptors (Lipinski definition) is 4. The summed E-state index contributed by atoms with van der Waals surface area (Å²) in [6.07, 6.45) is 6.51. The number of nitrogens with one attached hydrogen (secondary N) is 2. The minimum absolute atomic E-state index is 0. The van der Waals surface area contributed by atoms with Gasteiger partial charge in [-0.15, -0.1) is 24.0 Å². The predicted octanol–water partition coefficient (Wildman–Crippen LogP) is 3.49. The zero-order chi connectivity index (χ0) is 18.0. The first-order valence-corrected chi connectivity index (χ1v) is 9.31. The first-order valence-electron chi connectivity index (χ1n) is 8.93. The van der Waals surface area contributed by atoms with Gasteiger partial charge in [0.05, 0.1) is 6.54 Å². The van der Waals surface area contributed by atoms with Crippen LogP contribution in [0.5, 0.6) is 5.88 Å². The molecule has 1 fully saturated rings. The van der Waals surface area contributed by atoms with Crippen molar-refractivity contribution in [1.82, 2.24) is 15.6 Å². The fourth-order valence-electron chi connectivity index (χ4n) is 2.87. The summed E-state index contributed by atoms with van der Waals surface area (Å²) in [5.74, 6) is 1.28. The van der Waals surface area contributed by atoms with Gasteiger partial charge in [0, 0.05) is 33.0 Å². The number of pyridine rings is 1. The second-order valence-electron chi connectivity index (χ2n) is 6.36. The van der Waals surface area contributed by atoms with Crippen LogP contribution >= 0.6 is 35.6 Å². The largest absolute Gasteiger partial charge is 0.475 e. The van der Waals surface area contributed by atoms with Gasteiger partial charge in [-0.05, 0) is 43.7 Å². The molecule has 1 aliphatic carbocycles. The molecule has 0 aliphatic heterocycles. The zero-order valence-electron chi connectivity index (χ0n) is 15.6. The van der Waals surface area contributed by atoms with Gasteiger partial charge in [-0.3, -0.25) is 4.99 Å². The molecule has 1 aliphatic rings. The van der Waals surface area contributed by atoms with Gasteiger partial charge in [-0.25, -0.2) is 4.98 Å². The van der Waals surface area contributed by atoms with Crippen molar-refractivity contribution >= 4 is 41.5 Å². The van der Waals surface area contributed by atoms with E-state index in [4.69, 9.17) is 26.1 Å². The van der Waals surface area contributed by atoms with E-state index in [9.17, 15) is 0 Å². The first kappa shape index (κ1) is 23.2. The minimum atomic E-state index is 0. The lowest BCUT2D eigenvalue weighted by atomic mass is 9.67. The molecule has 1 heterocycles. The van der Waals surface area contributed by atoms with Crippen molar-refractivity contribution in [3.63, 3.8) is 0 Å². The highest BCUT2D eigenvalue weighted by Gasteiger charge is 2.36. The molecule has 0 radical (unpaired) electrons. The van der Waals surface area contributed by atoms with Gasteiger partial charge < -0.3 is 20.1 Å². The summed E-state index contributed by atoms with van der Waals surface area (Å²) in [5, 5.41) is 7.10. The number of methoxy groups -OCH3 is 1. The van der Waals surface area contributed by atoms with Crippen LogP contribution in [-0.4, -0.2) is 50.9 Å². The molecule has 0 spiro atoms. The average Bonchev–Trinajstić information content (AvgIpc) is 2.58. The number of aromatic nitrogens is 1. The lowest BCUT2D eigenvalue weighted by Crippen LogP contribution is -2.41. The molecule has 1 saturated carbocycles. The van der Waals surface area contributed by atoms with Gasteiger partial charge in [0.2, 0.25) is 5.88 Å². The quantitative estimate of drug-likeness (QED) is 0.225. The summed E-state index contributed by atoms with van der Waals surface area (Å²) in [5.41, 5.74) is 0.316. The summed E-state index contributed by atoms with van der Waals surface area (Å²) in [6, 6.07) is 3.55. The Kier molecular flexibility index (Phi) is 11.2. The molecule has 0 bridgehead atoms. The number of ether oxygens (including phenoxy) is 2. The Bertz CT molecular complexity index is 556. The van der Waals surface area contributed by atoms with Gasteiger partial charge in [-0.2, -0.15) is 0 Å². The predicted molar refractivity (Wildman–Crippen MR) is 117 cm³/mol. The van der Waals surface area contributed by atoms with Gasteiger partial charge in [0.1, 0.15) is 11.6 Å². The van der Waals surface area contributed by atoms with E-state index in [0.717, 1.165) is 32.1 Å². The van der Waals surface area contributed by atoms with Crippen molar-refractivity contribution in [2.45, 2.75) is 32.6 Å². The Labute approximate surface area is 178 Å². The van der Waals surface area contributed by atoms with E-state index < -0.39 is 0 Å². The van der Waals surface area contributed by atoms with Crippen molar-refractivity contribution in [3.05, 3.63) is 23.4 Å². The smallest absolute Gasteiger partial charge is 0.232 e. The second-order valence-corrected chi connectivity index (χ2v) is 6.76. The number of aliphatic imine (C=N–C) groups is 1. The Balaban J connectivity index is 0.00000338. The number of nitrogens with zero attached hydrogens (tertiary/aromatic N) is 2. The zero-order valence-corrected chi connectivity index (χ0v) is 18.7. The summed E-state index contributed by atoms with van der Waals surface area (Å²) in [7, 11) is 1.76. The molecule has 0 unspecified atom stereocenters. The van der Waals surface area contributed by atoms with E-state index in [1.54, 1.807) is 25.4 Å². The van der Waals surface area contributed by atoms with Crippen LogP contribution < -0.4 is 15.4 Å². The Hall–Kier alpha value is -0.800. The molecule has 0 amide bonds. The van der Waals surface area contributed by atoms with Crippen molar-refractivity contribution in [1.29, 1.82) is 0 Å². The van der Waals surface area contributed by atoms with Crippen LogP contribution in [0.25, 0.3) is 0 Å². The van der Waals surface area contributed by atoms with Crippen LogP contribution in [0.3, 0.4) is 0 Å². The highest BCUT2D eigenvalue weighted by atomic mass is 127. The van der Waals surface area contributed by atoms with Crippen LogP contribution in [-0.2, 0) is 4.74 Å². The molecule has 6 nitrogen and oxygen atoms in total. The van der Waals surface area contributed by atoms with E-state index in [0.29, 0.717) is 29.5 Å². The number of hydrogen-bond donors (Lipinski definition) is 2. The molecule has 0 aromatic carbocycles. The van der Waals surface area contributed by atoms with E-state index in [1.165, 1.54) is 19.3 Å². The molecule has 0 atom stereocenters. The molecule has 148 valence electrons. The second kappa shape index (κ2) is 12.6. The number of rotatable bonds is 10. The molecular weight excluding hydrogens is 467 g/mol. The summed E-state index contributed by atoms with van der Waals surface area (Å²) in [6.45, 7) is 5.62. The van der Waals surface area contributed by atoms with E-state index >= 15 is 0 Å². The third-order valence-electron chi connectivity index (χ3n) is 4.53. The highest BCUT2D eigenvalue weighted by molar-refractivity contribution is 14.0. The van der Waals surface area contributed by atoms with Gasteiger partial charge >= 0.3 is 0 Å². The van der Waals surface area contributed by atoms with Gasteiger partial charge in [0.15, 0.2) is 5.96 Å². The molecule has 2 rings (SSSR count). The Morgan fingerprint density at radius 2 is 2.15 bits per heavy atom. The normalized spacial score (nSPS) is 15.6. The van der Waals surface area contributed by atoms with E-state index in [-0.39, 0.29) is 24.0 Å². The summed E-state index contributed by atoms with van der Waals surface area (Å²) in [4.78, 5) is 8.87. The maximum atomic E-state index is 6.03. The molecule has 8 heteroatoms. The van der Waals surface area contributed by atoms with Gasteiger partial charge in [0.25, 0.3) is 0 Å². The molecule has 1 aromatic heterocycles. The SMILES string of the molecule is CCNC(=NCC1(CCOC)CCC1)NCCOc1ncccc1Cl.I. The highest BCUT2D eigenvalue weighted by Crippen LogP contribution is 2.44. The number of guanidine groups is 1. The fraction of sp³-hybridized carbons (Fsp3) is 0.667. The summed E-state index contributed by atoms with van der Waals surface area (Å²) < 4.78 is 10.8. The Morgan fingerprint density at radius 3 is 2.77 bits per heavy atom. The van der Waals surface area contributed by atoms with Crippen molar-refractivity contribution in [3.8, 4) is 5.88 Å². The lowest BCUT2D eigenvalue weighted by Gasteiger charge is -2.40. The Morgan fingerprint density at radius 1 is 1.35 bits per heavy atom. The third kappa shape index (κ3) is 7.44. The maximum absolute atomic E-state index is 6.03. The maximum Gasteiger partial charge on any atom is 0.232 e. The van der Waals surface area contributed by atoms with Crippen LogP contribution in [0.2, 0.25) is 5.02 Å². The minimum Gasteiger partial charge on any atom is -0.475 e. The molecular formula is C18H30ClIN4O2. The fourth-order valence-corrected chi connectivity index (χ4v) is 3.04. The summed E-state index contributed by atoms with van der Waals surface area (Å²) >= 11 is 6.03. The monoisotopic (exact) mass is 496 g/mol. The number of halogens is 2. The van der Waals surface area contributed by atoms with Crippen molar-refractivity contribution in [2.24, 2.45) is 10.4 Å². The molecule has 0 saturated heterocycles. The average molecular weight is 497 g/mol. The third-order valence-corrected chi connectivity index (χ3v) is 4.81. The van der Waals surface area contributed by atoms with Crippen molar-refractivity contribution in [2.75, 3.05) is 40.0 Å². The topological polar surface area (TPSA) is 67.8 Å². The van der Waals surface area contributed by atoms with Gasteiger partial charge in [-0.1, -0.05) is 18.0 Å². The lowest BCUT2D eigenvalue weighted by molar-refractivity contribution is 0.0778. The molecule has 2 N–H and O–H groups in total. The van der Waals surface area contributed by atoms with E-state index in [2.05, 4.69) is 22.5 Å². The molecule has 26 heavy (non-hydrogen) atoms. The van der Waals surface area contributed by atoms with Crippen LogP contribution in [0.1, 0.15) is 32.6 Å². The van der Waals surface area contributed by atoms with Crippen LogP contribution in [0.15, 0.2) is 23.3 Å². The molecule has 1 aromatic rings. The van der Waals surface area contributed by atoms with Crippen LogP contribution in [0.4, 0.5) is 0 Å². The first-order chi connectivity index (χ1) is 12.2. The standard InChI is InChI=1S/C18H29ClN4O2.HI/c1-3-20-17(23-14-18(7-5-8-18)9-12-24-2)22-11-13-25-16-15(19)6-4-10-21-16;/h4,6,10H,3,5,7-9,11-14H2,1-2H3,(H2,20,22,23);1H. The van der Waals surface area contributed by atoms with Crippen molar-refractivity contribution < 1.29 is 9.47 Å². The van der Waals surface area contributed by atoms with E-state index in [1.807, 2.05) is 0 Å². The van der Waals surface area contributed by atoms with Crippen LogP contribution in [0, 0.1) is 5.41 Å².